The Bertz CT molecular complexity index is 861. The van der Waals surface area contributed by atoms with E-state index in [1.54, 1.807) is 50.8 Å². The number of pyridine rings is 1. The van der Waals surface area contributed by atoms with Crippen molar-refractivity contribution >= 4 is 17.4 Å². The SMILES string of the molecule is COc1ccc(NC(=O)c2ccc(NCc3ccco3)nc2)cc1OC. The summed E-state index contributed by atoms with van der Waals surface area (Å²) < 4.78 is 15.7. The molecule has 2 N–H and O–H groups in total. The van der Waals surface area contributed by atoms with Gasteiger partial charge in [-0.3, -0.25) is 4.79 Å². The zero-order valence-electron chi connectivity index (χ0n) is 14.5. The topological polar surface area (TPSA) is 85.6 Å². The summed E-state index contributed by atoms with van der Waals surface area (Å²) >= 11 is 0. The number of nitrogens with zero attached hydrogens (tertiary/aromatic N) is 1. The highest BCUT2D eigenvalue weighted by atomic mass is 16.5. The summed E-state index contributed by atoms with van der Waals surface area (Å²) in [4.78, 5) is 16.6. The van der Waals surface area contributed by atoms with E-state index in [-0.39, 0.29) is 5.91 Å². The fourth-order valence-corrected chi connectivity index (χ4v) is 2.34. The van der Waals surface area contributed by atoms with E-state index in [2.05, 4.69) is 15.6 Å². The molecule has 3 rings (SSSR count). The molecule has 0 aliphatic rings. The molecule has 2 heterocycles. The maximum absolute atomic E-state index is 12.4. The lowest BCUT2D eigenvalue weighted by molar-refractivity contribution is 0.102. The van der Waals surface area contributed by atoms with Crippen LogP contribution in [-0.2, 0) is 6.54 Å². The predicted molar refractivity (Wildman–Crippen MR) is 97.8 cm³/mol. The van der Waals surface area contributed by atoms with E-state index >= 15 is 0 Å². The van der Waals surface area contributed by atoms with Gasteiger partial charge in [0.2, 0.25) is 0 Å². The van der Waals surface area contributed by atoms with Crippen LogP contribution in [-0.4, -0.2) is 25.1 Å². The minimum absolute atomic E-state index is 0.262. The average Bonchev–Trinajstić information content (AvgIpc) is 3.20. The number of hydrogen-bond acceptors (Lipinski definition) is 6. The average molecular weight is 353 g/mol. The number of amides is 1. The first-order chi connectivity index (χ1) is 12.7. The minimum Gasteiger partial charge on any atom is -0.493 e. The molecule has 2 aromatic heterocycles. The van der Waals surface area contributed by atoms with E-state index in [1.807, 2.05) is 12.1 Å². The Morgan fingerprint density at radius 2 is 1.96 bits per heavy atom. The monoisotopic (exact) mass is 353 g/mol. The smallest absolute Gasteiger partial charge is 0.257 e. The van der Waals surface area contributed by atoms with Gasteiger partial charge in [0.15, 0.2) is 11.5 Å². The van der Waals surface area contributed by atoms with Gasteiger partial charge >= 0.3 is 0 Å². The molecule has 134 valence electrons. The molecule has 7 heteroatoms. The summed E-state index contributed by atoms with van der Waals surface area (Å²) in [6, 6.07) is 12.3. The van der Waals surface area contributed by atoms with E-state index in [0.717, 1.165) is 5.76 Å². The van der Waals surface area contributed by atoms with Crippen molar-refractivity contribution in [2.24, 2.45) is 0 Å². The van der Waals surface area contributed by atoms with Crippen molar-refractivity contribution < 1.29 is 18.7 Å². The fraction of sp³-hybridized carbons (Fsp3) is 0.158. The van der Waals surface area contributed by atoms with Gasteiger partial charge < -0.3 is 24.5 Å². The number of ether oxygens (including phenoxy) is 2. The highest BCUT2D eigenvalue weighted by Crippen LogP contribution is 2.29. The molecule has 1 aromatic carbocycles. The van der Waals surface area contributed by atoms with Gasteiger partial charge in [-0.25, -0.2) is 4.98 Å². The lowest BCUT2D eigenvalue weighted by Crippen LogP contribution is -2.12. The second-order valence-corrected chi connectivity index (χ2v) is 5.39. The molecule has 0 saturated heterocycles. The molecule has 0 radical (unpaired) electrons. The summed E-state index contributed by atoms with van der Waals surface area (Å²) in [7, 11) is 3.10. The van der Waals surface area contributed by atoms with Gasteiger partial charge in [-0.05, 0) is 36.4 Å². The Labute approximate surface area is 151 Å². The van der Waals surface area contributed by atoms with E-state index in [9.17, 15) is 4.79 Å². The van der Waals surface area contributed by atoms with Crippen molar-refractivity contribution in [2.45, 2.75) is 6.54 Å². The van der Waals surface area contributed by atoms with Crippen LogP contribution in [0.5, 0.6) is 11.5 Å². The molecule has 26 heavy (non-hydrogen) atoms. The first kappa shape index (κ1) is 17.3. The molecule has 7 nitrogen and oxygen atoms in total. The summed E-state index contributed by atoms with van der Waals surface area (Å²) in [5, 5.41) is 5.93. The van der Waals surface area contributed by atoms with Crippen molar-refractivity contribution in [3.05, 3.63) is 66.2 Å². The number of hydrogen-bond donors (Lipinski definition) is 2. The van der Waals surface area contributed by atoms with Crippen LogP contribution in [0.2, 0.25) is 0 Å². The maximum atomic E-state index is 12.4. The number of benzene rings is 1. The number of furan rings is 1. The quantitative estimate of drug-likeness (QED) is 0.675. The molecule has 0 saturated carbocycles. The molecular weight excluding hydrogens is 334 g/mol. The number of methoxy groups -OCH3 is 2. The molecule has 0 atom stereocenters. The Morgan fingerprint density at radius 3 is 2.62 bits per heavy atom. The van der Waals surface area contributed by atoms with Crippen LogP contribution in [0.25, 0.3) is 0 Å². The van der Waals surface area contributed by atoms with Gasteiger partial charge in [0.05, 0.1) is 32.6 Å². The maximum Gasteiger partial charge on any atom is 0.257 e. The largest absolute Gasteiger partial charge is 0.493 e. The lowest BCUT2D eigenvalue weighted by Gasteiger charge is -2.11. The molecule has 0 aliphatic carbocycles. The molecule has 0 aliphatic heterocycles. The van der Waals surface area contributed by atoms with Crippen LogP contribution in [0.1, 0.15) is 16.1 Å². The van der Waals surface area contributed by atoms with Crippen LogP contribution in [0.3, 0.4) is 0 Å². The normalized spacial score (nSPS) is 10.2. The van der Waals surface area contributed by atoms with E-state index in [4.69, 9.17) is 13.9 Å². The van der Waals surface area contributed by atoms with Crippen LogP contribution in [0.4, 0.5) is 11.5 Å². The van der Waals surface area contributed by atoms with Gasteiger partial charge in [-0.1, -0.05) is 0 Å². The second-order valence-electron chi connectivity index (χ2n) is 5.39. The standard InChI is InChI=1S/C19H19N3O4/c1-24-16-7-6-14(10-17(16)25-2)22-19(23)13-5-8-18(20-11-13)21-12-15-4-3-9-26-15/h3-11H,12H2,1-2H3,(H,20,21)(H,22,23). The molecular formula is C19H19N3O4. The first-order valence-electron chi connectivity index (χ1n) is 7.95. The van der Waals surface area contributed by atoms with Crippen LogP contribution in [0.15, 0.2) is 59.3 Å². The van der Waals surface area contributed by atoms with E-state index < -0.39 is 0 Å². The molecule has 0 bridgehead atoms. The molecule has 0 unspecified atom stereocenters. The minimum atomic E-state index is -0.262. The fourth-order valence-electron chi connectivity index (χ4n) is 2.34. The van der Waals surface area contributed by atoms with Crippen LogP contribution < -0.4 is 20.1 Å². The number of aromatic nitrogens is 1. The van der Waals surface area contributed by atoms with Crippen molar-refractivity contribution in [3.63, 3.8) is 0 Å². The molecule has 0 fully saturated rings. The lowest BCUT2D eigenvalue weighted by atomic mass is 10.2. The third-order valence-corrected chi connectivity index (χ3v) is 3.69. The molecule has 0 spiro atoms. The summed E-state index contributed by atoms with van der Waals surface area (Å²) in [5.41, 5.74) is 1.05. The molecule has 3 aromatic rings. The van der Waals surface area contributed by atoms with Crippen LogP contribution >= 0.6 is 0 Å². The summed E-state index contributed by atoms with van der Waals surface area (Å²) in [5.74, 6) is 2.34. The van der Waals surface area contributed by atoms with Gasteiger partial charge in [0.25, 0.3) is 5.91 Å². The zero-order chi connectivity index (χ0) is 18.4. The predicted octanol–water partition coefficient (Wildman–Crippen LogP) is 3.56. The van der Waals surface area contributed by atoms with Crippen molar-refractivity contribution in [1.82, 2.24) is 4.98 Å². The van der Waals surface area contributed by atoms with Crippen molar-refractivity contribution in [2.75, 3.05) is 24.9 Å². The van der Waals surface area contributed by atoms with E-state index in [1.165, 1.54) is 6.20 Å². The number of anilines is 2. The van der Waals surface area contributed by atoms with Gasteiger partial charge in [-0.15, -0.1) is 0 Å². The van der Waals surface area contributed by atoms with Gasteiger partial charge in [0.1, 0.15) is 11.6 Å². The van der Waals surface area contributed by atoms with Crippen molar-refractivity contribution in [1.29, 1.82) is 0 Å². The second kappa shape index (κ2) is 8.06. The molecule has 1 amide bonds. The first-order valence-corrected chi connectivity index (χ1v) is 7.95. The number of carbonyl (C=O) groups excluding carboxylic acids is 1. The Balaban J connectivity index is 1.62. The van der Waals surface area contributed by atoms with Gasteiger partial charge in [-0.2, -0.15) is 0 Å². The Kier molecular flexibility index (Phi) is 5.38. The Hall–Kier alpha value is -3.48. The highest BCUT2D eigenvalue weighted by molar-refractivity contribution is 6.04. The summed E-state index contributed by atoms with van der Waals surface area (Å²) in [6.07, 6.45) is 3.13. The zero-order valence-corrected chi connectivity index (χ0v) is 14.5. The summed E-state index contributed by atoms with van der Waals surface area (Å²) in [6.45, 7) is 0.525. The highest BCUT2D eigenvalue weighted by Gasteiger charge is 2.10. The van der Waals surface area contributed by atoms with Crippen LogP contribution in [0, 0.1) is 0 Å². The van der Waals surface area contributed by atoms with Gasteiger partial charge in [0, 0.05) is 18.0 Å². The third kappa shape index (κ3) is 4.13. The third-order valence-electron chi connectivity index (χ3n) is 3.69. The van der Waals surface area contributed by atoms with Crippen molar-refractivity contribution in [3.8, 4) is 11.5 Å². The van der Waals surface area contributed by atoms with E-state index in [0.29, 0.717) is 35.1 Å². The number of nitrogens with one attached hydrogen (secondary N) is 2. The number of carbonyl (C=O) groups is 1. The number of rotatable bonds is 7. The Morgan fingerprint density at radius 1 is 1.12 bits per heavy atom.